The Labute approximate surface area is 83.1 Å². The monoisotopic (exact) mass is 184 g/mol. The zero-order valence-corrected chi connectivity index (χ0v) is 7.85. The summed E-state index contributed by atoms with van der Waals surface area (Å²) < 4.78 is 0. The van der Waals surface area contributed by atoms with E-state index in [0.29, 0.717) is 6.54 Å². The number of nitrogens with two attached hydrogens (primary N) is 1. The van der Waals surface area contributed by atoms with E-state index in [-0.39, 0.29) is 0 Å². The van der Waals surface area contributed by atoms with Gasteiger partial charge >= 0.3 is 0 Å². The van der Waals surface area contributed by atoms with Crippen LogP contribution < -0.4 is 5.73 Å². The van der Waals surface area contributed by atoms with E-state index in [0.717, 1.165) is 16.5 Å². The molecular formula is C12H12N2. The third-order valence-corrected chi connectivity index (χ3v) is 2.07. The Kier molecular flexibility index (Phi) is 2.56. The van der Waals surface area contributed by atoms with Crippen molar-refractivity contribution in [2.45, 2.75) is 0 Å². The first-order valence-electron chi connectivity index (χ1n) is 4.61. The molecule has 0 saturated heterocycles. The molecule has 0 radical (unpaired) electrons. The molecule has 2 aromatic rings. The van der Waals surface area contributed by atoms with Gasteiger partial charge in [-0.3, -0.25) is 4.98 Å². The second-order valence-electron chi connectivity index (χ2n) is 3.09. The number of benzene rings is 1. The van der Waals surface area contributed by atoms with E-state index in [1.807, 2.05) is 30.4 Å². The Balaban J connectivity index is 2.46. The van der Waals surface area contributed by atoms with E-state index < -0.39 is 0 Å². The SMILES string of the molecule is NC/C=C/c1ccc2ncccc2c1. The molecule has 2 heteroatoms. The summed E-state index contributed by atoms with van der Waals surface area (Å²) in [7, 11) is 0. The third kappa shape index (κ3) is 1.80. The van der Waals surface area contributed by atoms with Gasteiger partial charge in [-0.1, -0.05) is 24.3 Å². The molecule has 1 aromatic carbocycles. The lowest BCUT2D eigenvalue weighted by atomic mass is 10.1. The largest absolute Gasteiger partial charge is 0.327 e. The van der Waals surface area contributed by atoms with Gasteiger partial charge < -0.3 is 5.73 Å². The van der Waals surface area contributed by atoms with Crippen molar-refractivity contribution in [1.29, 1.82) is 0 Å². The number of aromatic nitrogens is 1. The van der Waals surface area contributed by atoms with Crippen molar-refractivity contribution < 1.29 is 0 Å². The quantitative estimate of drug-likeness (QED) is 0.777. The van der Waals surface area contributed by atoms with E-state index in [1.54, 1.807) is 6.20 Å². The van der Waals surface area contributed by atoms with E-state index >= 15 is 0 Å². The molecular weight excluding hydrogens is 172 g/mol. The predicted molar refractivity (Wildman–Crippen MR) is 59.8 cm³/mol. The molecule has 0 unspecified atom stereocenters. The highest BCUT2D eigenvalue weighted by molar-refractivity contribution is 5.80. The van der Waals surface area contributed by atoms with Crippen molar-refractivity contribution >= 4 is 17.0 Å². The fraction of sp³-hybridized carbons (Fsp3) is 0.0833. The smallest absolute Gasteiger partial charge is 0.0702 e. The standard InChI is InChI=1S/C12H12N2/c13-7-1-3-10-5-6-12-11(9-10)4-2-8-14-12/h1-6,8-9H,7,13H2/b3-1+. The van der Waals surface area contributed by atoms with Gasteiger partial charge in [0.1, 0.15) is 0 Å². The highest BCUT2D eigenvalue weighted by Gasteiger charge is 1.92. The molecule has 0 spiro atoms. The molecule has 0 saturated carbocycles. The van der Waals surface area contributed by atoms with Crippen LogP contribution in [0.15, 0.2) is 42.6 Å². The van der Waals surface area contributed by atoms with Gasteiger partial charge in [0, 0.05) is 18.1 Å². The molecule has 1 heterocycles. The highest BCUT2D eigenvalue weighted by Crippen LogP contribution is 2.13. The molecule has 0 fully saturated rings. The molecule has 0 amide bonds. The van der Waals surface area contributed by atoms with Crippen molar-refractivity contribution in [2.24, 2.45) is 5.73 Å². The van der Waals surface area contributed by atoms with Crippen LogP contribution in [0.4, 0.5) is 0 Å². The van der Waals surface area contributed by atoms with E-state index in [1.165, 1.54) is 0 Å². The maximum atomic E-state index is 5.39. The number of hydrogen-bond acceptors (Lipinski definition) is 2. The van der Waals surface area contributed by atoms with Crippen LogP contribution in [0.1, 0.15) is 5.56 Å². The molecule has 0 aliphatic carbocycles. The minimum atomic E-state index is 0.574. The first-order chi connectivity index (χ1) is 6.90. The number of rotatable bonds is 2. The van der Waals surface area contributed by atoms with Gasteiger partial charge in [-0.25, -0.2) is 0 Å². The Morgan fingerprint density at radius 2 is 2.21 bits per heavy atom. The maximum absolute atomic E-state index is 5.39. The summed E-state index contributed by atoms with van der Waals surface area (Å²) in [6.45, 7) is 0.574. The Hall–Kier alpha value is -1.67. The van der Waals surface area contributed by atoms with Crippen molar-refractivity contribution in [3.05, 3.63) is 48.2 Å². The lowest BCUT2D eigenvalue weighted by Gasteiger charge is -1.97. The number of pyridine rings is 1. The second-order valence-corrected chi connectivity index (χ2v) is 3.09. The van der Waals surface area contributed by atoms with E-state index in [9.17, 15) is 0 Å². The van der Waals surface area contributed by atoms with Crippen LogP contribution in [0, 0.1) is 0 Å². The van der Waals surface area contributed by atoms with Crippen molar-refractivity contribution in [2.75, 3.05) is 6.54 Å². The Morgan fingerprint density at radius 3 is 3.07 bits per heavy atom. The first kappa shape index (κ1) is 8.91. The van der Waals surface area contributed by atoms with Gasteiger partial charge in [0.05, 0.1) is 5.52 Å². The summed E-state index contributed by atoms with van der Waals surface area (Å²) in [5.41, 5.74) is 7.58. The zero-order valence-electron chi connectivity index (χ0n) is 7.85. The third-order valence-electron chi connectivity index (χ3n) is 2.07. The van der Waals surface area contributed by atoms with Crippen molar-refractivity contribution in [3.8, 4) is 0 Å². The molecule has 0 aliphatic rings. The molecule has 0 aliphatic heterocycles. The van der Waals surface area contributed by atoms with Crippen LogP contribution in [0.3, 0.4) is 0 Å². The van der Waals surface area contributed by atoms with E-state index in [2.05, 4.69) is 17.1 Å². The molecule has 1 aromatic heterocycles. The summed E-state index contributed by atoms with van der Waals surface area (Å²) in [6, 6.07) is 10.2. The molecule has 2 nitrogen and oxygen atoms in total. The average molecular weight is 184 g/mol. The summed E-state index contributed by atoms with van der Waals surface area (Å²) >= 11 is 0. The van der Waals surface area contributed by atoms with Gasteiger partial charge in [0.2, 0.25) is 0 Å². The van der Waals surface area contributed by atoms with Crippen LogP contribution in [0.25, 0.3) is 17.0 Å². The maximum Gasteiger partial charge on any atom is 0.0702 e. The normalized spacial score (nSPS) is 11.2. The second kappa shape index (κ2) is 4.03. The first-order valence-corrected chi connectivity index (χ1v) is 4.61. The Bertz CT molecular complexity index is 461. The van der Waals surface area contributed by atoms with Gasteiger partial charge in [-0.15, -0.1) is 0 Å². The zero-order chi connectivity index (χ0) is 9.80. The van der Waals surface area contributed by atoms with Crippen LogP contribution >= 0.6 is 0 Å². The molecule has 70 valence electrons. The van der Waals surface area contributed by atoms with E-state index in [4.69, 9.17) is 5.73 Å². The van der Waals surface area contributed by atoms with Crippen LogP contribution in [-0.2, 0) is 0 Å². The fourth-order valence-corrected chi connectivity index (χ4v) is 1.40. The summed E-state index contributed by atoms with van der Waals surface area (Å²) in [4.78, 5) is 4.25. The molecule has 2 rings (SSSR count). The van der Waals surface area contributed by atoms with Gasteiger partial charge in [-0.2, -0.15) is 0 Å². The molecule has 0 atom stereocenters. The summed E-state index contributed by atoms with van der Waals surface area (Å²) in [6.07, 6.45) is 5.77. The van der Waals surface area contributed by atoms with Crippen LogP contribution in [-0.4, -0.2) is 11.5 Å². The molecule has 0 bridgehead atoms. The van der Waals surface area contributed by atoms with Crippen LogP contribution in [0.2, 0.25) is 0 Å². The minimum Gasteiger partial charge on any atom is -0.327 e. The number of nitrogens with zero attached hydrogens (tertiary/aromatic N) is 1. The molecule has 2 N–H and O–H groups in total. The van der Waals surface area contributed by atoms with Gasteiger partial charge in [-0.05, 0) is 23.8 Å². The van der Waals surface area contributed by atoms with Gasteiger partial charge in [0.15, 0.2) is 0 Å². The lowest BCUT2D eigenvalue weighted by molar-refractivity contribution is 1.26. The van der Waals surface area contributed by atoms with Crippen molar-refractivity contribution in [3.63, 3.8) is 0 Å². The molecule has 14 heavy (non-hydrogen) atoms. The van der Waals surface area contributed by atoms with Crippen molar-refractivity contribution in [1.82, 2.24) is 4.98 Å². The van der Waals surface area contributed by atoms with Gasteiger partial charge in [0.25, 0.3) is 0 Å². The fourth-order valence-electron chi connectivity index (χ4n) is 1.40. The highest BCUT2D eigenvalue weighted by atomic mass is 14.6. The predicted octanol–water partition coefficient (Wildman–Crippen LogP) is 2.21. The van der Waals surface area contributed by atoms with Crippen LogP contribution in [0.5, 0.6) is 0 Å². The number of hydrogen-bond donors (Lipinski definition) is 1. The summed E-state index contributed by atoms with van der Waals surface area (Å²) in [5, 5.41) is 1.16. The number of fused-ring (bicyclic) bond motifs is 1. The lowest BCUT2D eigenvalue weighted by Crippen LogP contribution is -1.91. The topological polar surface area (TPSA) is 38.9 Å². The summed E-state index contributed by atoms with van der Waals surface area (Å²) in [5.74, 6) is 0. The minimum absolute atomic E-state index is 0.574. The Morgan fingerprint density at radius 1 is 1.29 bits per heavy atom. The average Bonchev–Trinajstić information content (AvgIpc) is 2.26.